The quantitative estimate of drug-likeness (QED) is 0.685. The minimum Gasteiger partial charge on any atom is -0.463 e. The third-order valence-electron chi connectivity index (χ3n) is 5.03. The molecule has 0 atom stereocenters. The maximum absolute atomic E-state index is 12.5. The predicted molar refractivity (Wildman–Crippen MR) is 110 cm³/mol. The van der Waals surface area contributed by atoms with Gasteiger partial charge < -0.3 is 24.5 Å². The highest BCUT2D eigenvalue weighted by molar-refractivity contribution is 5.94. The van der Waals surface area contributed by atoms with Gasteiger partial charge in [-0.3, -0.25) is 9.59 Å². The van der Waals surface area contributed by atoms with E-state index in [4.69, 9.17) is 4.42 Å². The first-order valence-corrected chi connectivity index (χ1v) is 9.54. The number of nitrogens with zero attached hydrogens (tertiary/aromatic N) is 3. The lowest BCUT2D eigenvalue weighted by molar-refractivity contribution is 0.0949. The van der Waals surface area contributed by atoms with Crippen LogP contribution in [0.5, 0.6) is 0 Å². The van der Waals surface area contributed by atoms with Crippen molar-refractivity contribution in [2.45, 2.75) is 6.54 Å². The van der Waals surface area contributed by atoms with E-state index in [1.807, 2.05) is 12.1 Å². The molecule has 0 aromatic carbocycles. The molecule has 4 heterocycles. The third-order valence-corrected chi connectivity index (χ3v) is 5.03. The van der Waals surface area contributed by atoms with Gasteiger partial charge >= 0.3 is 0 Å². The molecule has 0 unspecified atom stereocenters. The summed E-state index contributed by atoms with van der Waals surface area (Å²) < 4.78 is 5.26. The first kappa shape index (κ1) is 18.9. The molecule has 1 aliphatic rings. The maximum atomic E-state index is 12.5. The number of likely N-dealkylation sites (N-methyl/N-ethyl adjacent to an activating group) is 1. The van der Waals surface area contributed by atoms with Crippen molar-refractivity contribution in [1.29, 1.82) is 0 Å². The normalized spacial score (nSPS) is 14.7. The van der Waals surface area contributed by atoms with Crippen molar-refractivity contribution in [2.75, 3.05) is 38.1 Å². The number of piperazine rings is 1. The number of aromatic amines is 1. The lowest BCUT2D eigenvalue weighted by Crippen LogP contribution is -2.44. The van der Waals surface area contributed by atoms with Crippen LogP contribution in [0.15, 0.2) is 58.1 Å². The lowest BCUT2D eigenvalue weighted by Gasteiger charge is -2.33. The fourth-order valence-corrected chi connectivity index (χ4v) is 3.28. The Morgan fingerprint density at radius 3 is 2.76 bits per heavy atom. The van der Waals surface area contributed by atoms with E-state index < -0.39 is 11.5 Å². The van der Waals surface area contributed by atoms with Gasteiger partial charge in [-0.25, -0.2) is 4.98 Å². The molecule has 4 rings (SSSR count). The Balaban J connectivity index is 1.41. The fraction of sp³-hybridized carbons (Fsp3) is 0.286. The molecule has 0 spiro atoms. The Kier molecular flexibility index (Phi) is 5.44. The molecule has 3 aromatic heterocycles. The van der Waals surface area contributed by atoms with Crippen LogP contribution in [-0.2, 0) is 6.54 Å². The van der Waals surface area contributed by atoms with Gasteiger partial charge in [0.05, 0.1) is 12.0 Å². The number of rotatable bonds is 5. The smallest absolute Gasteiger partial charge is 0.261 e. The van der Waals surface area contributed by atoms with Crippen molar-refractivity contribution < 1.29 is 9.21 Å². The van der Waals surface area contributed by atoms with Crippen LogP contribution in [0.3, 0.4) is 0 Å². The molecule has 8 heteroatoms. The van der Waals surface area contributed by atoms with E-state index in [0.29, 0.717) is 18.0 Å². The molecule has 150 valence electrons. The SMILES string of the molecule is CN1CCN(c2cc(CNC(=O)c3ccc(-c4ccco4)[nH]c3=O)ccn2)CC1. The van der Waals surface area contributed by atoms with Gasteiger partial charge in [0.2, 0.25) is 0 Å². The molecule has 29 heavy (non-hydrogen) atoms. The van der Waals surface area contributed by atoms with E-state index >= 15 is 0 Å². The van der Waals surface area contributed by atoms with Crippen LogP contribution in [0.2, 0.25) is 0 Å². The number of amides is 1. The van der Waals surface area contributed by atoms with Gasteiger partial charge in [-0.1, -0.05) is 0 Å². The molecule has 3 aromatic rings. The number of hydrogen-bond acceptors (Lipinski definition) is 6. The number of furan rings is 1. The predicted octanol–water partition coefficient (Wildman–Crippen LogP) is 1.71. The van der Waals surface area contributed by atoms with Crippen LogP contribution < -0.4 is 15.8 Å². The summed E-state index contributed by atoms with van der Waals surface area (Å²) in [5, 5.41) is 2.81. The van der Waals surface area contributed by atoms with Gasteiger partial charge in [0, 0.05) is 38.9 Å². The summed E-state index contributed by atoms with van der Waals surface area (Å²) in [6.07, 6.45) is 3.28. The highest BCUT2D eigenvalue weighted by Crippen LogP contribution is 2.16. The zero-order chi connectivity index (χ0) is 20.2. The van der Waals surface area contributed by atoms with Crippen molar-refractivity contribution in [3.05, 3.63) is 70.3 Å². The van der Waals surface area contributed by atoms with Crippen molar-refractivity contribution in [3.8, 4) is 11.5 Å². The maximum Gasteiger partial charge on any atom is 0.261 e. The number of aromatic nitrogens is 2. The average Bonchev–Trinajstić information content (AvgIpc) is 3.28. The van der Waals surface area contributed by atoms with Crippen LogP contribution in [0.4, 0.5) is 5.82 Å². The molecule has 8 nitrogen and oxygen atoms in total. The third kappa shape index (κ3) is 4.38. The van der Waals surface area contributed by atoms with Crippen LogP contribution in [0.25, 0.3) is 11.5 Å². The number of carbonyl (C=O) groups is 1. The van der Waals surface area contributed by atoms with Crippen molar-refractivity contribution >= 4 is 11.7 Å². The highest BCUT2D eigenvalue weighted by atomic mass is 16.3. The summed E-state index contributed by atoms with van der Waals surface area (Å²) >= 11 is 0. The van der Waals surface area contributed by atoms with Crippen LogP contribution >= 0.6 is 0 Å². The minimum absolute atomic E-state index is 0.0636. The number of nitrogens with one attached hydrogen (secondary N) is 2. The monoisotopic (exact) mass is 393 g/mol. The fourth-order valence-electron chi connectivity index (χ4n) is 3.28. The summed E-state index contributed by atoms with van der Waals surface area (Å²) in [7, 11) is 2.11. The van der Waals surface area contributed by atoms with E-state index in [9.17, 15) is 9.59 Å². The molecule has 2 N–H and O–H groups in total. The van der Waals surface area contributed by atoms with Gasteiger partial charge in [0.25, 0.3) is 11.5 Å². The number of pyridine rings is 2. The summed E-state index contributed by atoms with van der Waals surface area (Å²) in [4.78, 5) is 36.4. The first-order chi connectivity index (χ1) is 14.1. The van der Waals surface area contributed by atoms with Crippen LogP contribution in [0, 0.1) is 0 Å². The molecule has 0 radical (unpaired) electrons. The zero-order valence-corrected chi connectivity index (χ0v) is 16.2. The Bertz CT molecular complexity index is 1040. The largest absolute Gasteiger partial charge is 0.463 e. The Labute approximate surface area is 168 Å². The van der Waals surface area contributed by atoms with Gasteiger partial charge in [0.15, 0.2) is 0 Å². The standard InChI is InChI=1S/C21H23N5O3/c1-25-8-10-26(11-9-25)19-13-15(6-7-22-19)14-23-20(27)16-4-5-17(24-21(16)28)18-3-2-12-29-18/h2-7,12-13H,8-11,14H2,1H3,(H,23,27)(H,24,28). The molecular weight excluding hydrogens is 370 g/mol. The Morgan fingerprint density at radius 2 is 2.03 bits per heavy atom. The Hall–Kier alpha value is -3.39. The molecule has 1 amide bonds. The molecular formula is C21H23N5O3. The highest BCUT2D eigenvalue weighted by Gasteiger charge is 2.16. The summed E-state index contributed by atoms with van der Waals surface area (Å²) in [5.41, 5.74) is 1.08. The van der Waals surface area contributed by atoms with E-state index in [2.05, 4.69) is 32.1 Å². The first-order valence-electron chi connectivity index (χ1n) is 9.54. The summed E-state index contributed by atoms with van der Waals surface area (Å²) in [6.45, 7) is 4.17. The molecule has 0 bridgehead atoms. The molecule has 1 fully saturated rings. The van der Waals surface area contributed by atoms with Crippen molar-refractivity contribution in [1.82, 2.24) is 20.2 Å². The second-order valence-electron chi connectivity index (χ2n) is 7.09. The zero-order valence-electron chi connectivity index (χ0n) is 16.2. The van der Waals surface area contributed by atoms with Gasteiger partial charge in [-0.15, -0.1) is 0 Å². The van der Waals surface area contributed by atoms with E-state index in [-0.39, 0.29) is 5.56 Å². The number of hydrogen-bond donors (Lipinski definition) is 2. The van der Waals surface area contributed by atoms with E-state index in [1.165, 1.54) is 12.3 Å². The Morgan fingerprint density at radius 1 is 1.21 bits per heavy atom. The van der Waals surface area contributed by atoms with Crippen LogP contribution in [-0.4, -0.2) is 54.0 Å². The van der Waals surface area contributed by atoms with Crippen LogP contribution in [0.1, 0.15) is 15.9 Å². The molecule has 1 aliphatic heterocycles. The summed E-state index contributed by atoms with van der Waals surface area (Å²) in [5.74, 6) is 1.03. The second-order valence-corrected chi connectivity index (χ2v) is 7.09. The molecule has 1 saturated heterocycles. The molecule has 0 saturated carbocycles. The van der Waals surface area contributed by atoms with Gasteiger partial charge in [0.1, 0.15) is 17.1 Å². The summed E-state index contributed by atoms with van der Waals surface area (Å²) in [6, 6.07) is 10.5. The minimum atomic E-state index is -0.454. The van der Waals surface area contributed by atoms with E-state index in [0.717, 1.165) is 37.6 Å². The molecule has 0 aliphatic carbocycles. The van der Waals surface area contributed by atoms with Gasteiger partial charge in [-0.2, -0.15) is 0 Å². The van der Waals surface area contributed by atoms with Crippen molar-refractivity contribution in [2.24, 2.45) is 0 Å². The topological polar surface area (TPSA) is 94.5 Å². The number of anilines is 1. The second kappa shape index (κ2) is 8.32. The number of carbonyl (C=O) groups excluding carboxylic acids is 1. The van der Waals surface area contributed by atoms with E-state index in [1.54, 1.807) is 24.4 Å². The van der Waals surface area contributed by atoms with Gasteiger partial charge in [-0.05, 0) is 49.0 Å². The number of H-pyrrole nitrogens is 1. The lowest BCUT2D eigenvalue weighted by atomic mass is 10.2. The van der Waals surface area contributed by atoms with Crippen molar-refractivity contribution in [3.63, 3.8) is 0 Å². The average molecular weight is 393 g/mol.